The Bertz CT molecular complexity index is 927. The highest BCUT2D eigenvalue weighted by Crippen LogP contribution is 2.30. The van der Waals surface area contributed by atoms with Gasteiger partial charge in [0.25, 0.3) is 5.91 Å². The van der Waals surface area contributed by atoms with Crippen molar-refractivity contribution in [2.75, 3.05) is 26.4 Å². The Balaban J connectivity index is 1.13. The molecule has 0 radical (unpaired) electrons. The van der Waals surface area contributed by atoms with Gasteiger partial charge in [-0.1, -0.05) is 12.8 Å². The Labute approximate surface area is 199 Å². The van der Waals surface area contributed by atoms with E-state index in [2.05, 4.69) is 10.6 Å². The molecule has 0 bridgehead atoms. The molecule has 9 heteroatoms. The molecule has 4 amide bonds. The number of piperidine rings is 1. The van der Waals surface area contributed by atoms with Gasteiger partial charge in [0.1, 0.15) is 11.8 Å². The fraction of sp³-hybridized carbons (Fsp3) is 0.600. The fourth-order valence-electron chi connectivity index (χ4n) is 4.71. The third kappa shape index (κ3) is 5.94. The molecule has 4 rings (SSSR count). The summed E-state index contributed by atoms with van der Waals surface area (Å²) >= 11 is 0. The first kappa shape index (κ1) is 24.2. The molecule has 2 N–H and O–H groups in total. The van der Waals surface area contributed by atoms with Crippen molar-refractivity contribution in [1.29, 1.82) is 0 Å². The van der Waals surface area contributed by atoms with Gasteiger partial charge < -0.3 is 19.7 Å². The van der Waals surface area contributed by atoms with Gasteiger partial charge in [0.15, 0.2) is 0 Å². The standard InChI is InChI=1S/C25H33N3O6/c29-22-10-9-21(24(31)27-22)28-15-18-14-19(7-8-20(18)25(28)32)34-13-4-2-1-3-11-26-23(30)17-6-5-12-33-16-17/h7-8,14,17,21H,1-6,9-13,15-16H2,(H,26,30)(H,27,29,31). The van der Waals surface area contributed by atoms with E-state index in [1.54, 1.807) is 12.1 Å². The molecule has 0 spiro atoms. The Kier molecular flexibility index (Phi) is 8.16. The van der Waals surface area contributed by atoms with Crippen molar-refractivity contribution in [3.63, 3.8) is 0 Å². The third-order valence-corrected chi connectivity index (χ3v) is 6.67. The van der Waals surface area contributed by atoms with Crippen LogP contribution in [0.2, 0.25) is 0 Å². The van der Waals surface area contributed by atoms with Gasteiger partial charge in [0.05, 0.1) is 19.1 Å². The summed E-state index contributed by atoms with van der Waals surface area (Å²) in [5.74, 6) is -0.0650. The number of carbonyl (C=O) groups excluding carboxylic acids is 4. The fourth-order valence-corrected chi connectivity index (χ4v) is 4.71. The Morgan fingerprint density at radius 3 is 2.79 bits per heavy atom. The monoisotopic (exact) mass is 471 g/mol. The van der Waals surface area contributed by atoms with Crippen LogP contribution in [0.1, 0.15) is 67.3 Å². The number of carbonyl (C=O) groups is 4. The molecule has 0 aromatic heterocycles. The van der Waals surface area contributed by atoms with Crippen LogP contribution in [0.3, 0.4) is 0 Å². The van der Waals surface area contributed by atoms with Crippen LogP contribution in [0, 0.1) is 5.92 Å². The Morgan fingerprint density at radius 1 is 1.15 bits per heavy atom. The quantitative estimate of drug-likeness (QED) is 0.398. The molecule has 3 aliphatic heterocycles. The van der Waals surface area contributed by atoms with E-state index in [0.717, 1.165) is 50.7 Å². The second-order valence-electron chi connectivity index (χ2n) is 9.19. The number of ether oxygens (including phenoxy) is 2. The Hall–Kier alpha value is -2.94. The zero-order valence-corrected chi connectivity index (χ0v) is 19.5. The average Bonchev–Trinajstić information content (AvgIpc) is 3.16. The minimum absolute atomic E-state index is 0.000802. The molecule has 1 aromatic carbocycles. The van der Waals surface area contributed by atoms with Crippen molar-refractivity contribution in [3.8, 4) is 5.75 Å². The van der Waals surface area contributed by atoms with Gasteiger partial charge in [-0.25, -0.2) is 0 Å². The van der Waals surface area contributed by atoms with E-state index < -0.39 is 11.9 Å². The summed E-state index contributed by atoms with van der Waals surface area (Å²) in [6, 6.07) is 4.79. The Morgan fingerprint density at radius 2 is 2.00 bits per heavy atom. The number of nitrogens with one attached hydrogen (secondary N) is 2. The summed E-state index contributed by atoms with van der Waals surface area (Å²) in [5, 5.41) is 5.32. The molecule has 184 valence electrons. The van der Waals surface area contributed by atoms with Gasteiger partial charge in [-0.3, -0.25) is 24.5 Å². The van der Waals surface area contributed by atoms with E-state index in [-0.39, 0.29) is 30.1 Å². The van der Waals surface area contributed by atoms with Gasteiger partial charge in [0, 0.05) is 31.7 Å². The van der Waals surface area contributed by atoms with Crippen LogP contribution in [0.4, 0.5) is 0 Å². The first-order valence-corrected chi connectivity index (χ1v) is 12.3. The lowest BCUT2D eigenvalue weighted by Crippen LogP contribution is -2.52. The van der Waals surface area contributed by atoms with Gasteiger partial charge in [-0.05, 0) is 55.9 Å². The second-order valence-corrected chi connectivity index (χ2v) is 9.19. The lowest BCUT2D eigenvalue weighted by atomic mass is 10.0. The smallest absolute Gasteiger partial charge is 0.255 e. The minimum Gasteiger partial charge on any atom is -0.494 e. The number of fused-ring (bicyclic) bond motifs is 1. The number of amides is 4. The topological polar surface area (TPSA) is 114 Å². The molecule has 34 heavy (non-hydrogen) atoms. The van der Waals surface area contributed by atoms with Gasteiger partial charge in [-0.2, -0.15) is 0 Å². The number of rotatable bonds is 10. The number of nitrogens with zero attached hydrogens (tertiary/aromatic N) is 1. The summed E-state index contributed by atoms with van der Waals surface area (Å²) < 4.78 is 11.2. The molecular weight excluding hydrogens is 438 g/mol. The second kappa shape index (κ2) is 11.5. The number of unbranched alkanes of at least 4 members (excludes halogenated alkanes) is 3. The van der Waals surface area contributed by atoms with Gasteiger partial charge in [0.2, 0.25) is 17.7 Å². The van der Waals surface area contributed by atoms with Crippen LogP contribution >= 0.6 is 0 Å². The summed E-state index contributed by atoms with van der Waals surface area (Å²) in [6.07, 6.45) is 6.34. The average molecular weight is 472 g/mol. The first-order chi connectivity index (χ1) is 16.5. The zero-order valence-electron chi connectivity index (χ0n) is 19.5. The highest BCUT2D eigenvalue weighted by Gasteiger charge is 2.39. The molecule has 2 fully saturated rings. The van der Waals surface area contributed by atoms with Gasteiger partial charge >= 0.3 is 0 Å². The molecule has 3 heterocycles. The first-order valence-electron chi connectivity index (χ1n) is 12.3. The highest BCUT2D eigenvalue weighted by atomic mass is 16.5. The molecule has 0 aliphatic carbocycles. The minimum atomic E-state index is -0.609. The maximum absolute atomic E-state index is 12.7. The maximum atomic E-state index is 12.7. The number of hydrogen-bond donors (Lipinski definition) is 2. The summed E-state index contributed by atoms with van der Waals surface area (Å²) in [7, 11) is 0. The third-order valence-electron chi connectivity index (χ3n) is 6.67. The van der Waals surface area contributed by atoms with E-state index in [0.29, 0.717) is 44.0 Å². The molecule has 2 unspecified atom stereocenters. The van der Waals surface area contributed by atoms with Gasteiger partial charge in [-0.15, -0.1) is 0 Å². The number of hydrogen-bond acceptors (Lipinski definition) is 6. The predicted molar refractivity (Wildman–Crippen MR) is 123 cm³/mol. The van der Waals surface area contributed by atoms with Crippen LogP contribution < -0.4 is 15.4 Å². The molecule has 1 aromatic rings. The number of imide groups is 1. The van der Waals surface area contributed by atoms with Crippen molar-refractivity contribution < 1.29 is 28.7 Å². The number of benzene rings is 1. The van der Waals surface area contributed by atoms with Crippen LogP contribution in [0.5, 0.6) is 5.75 Å². The molecule has 2 saturated heterocycles. The van der Waals surface area contributed by atoms with Crippen molar-refractivity contribution >= 4 is 23.6 Å². The van der Waals surface area contributed by atoms with Crippen molar-refractivity contribution in [1.82, 2.24) is 15.5 Å². The van der Waals surface area contributed by atoms with Crippen molar-refractivity contribution in [2.45, 2.75) is 64.0 Å². The van der Waals surface area contributed by atoms with E-state index in [9.17, 15) is 19.2 Å². The normalized spacial score (nSPS) is 22.4. The van der Waals surface area contributed by atoms with E-state index in [1.165, 1.54) is 4.90 Å². The summed E-state index contributed by atoms with van der Waals surface area (Å²) in [4.78, 5) is 49.9. The molecule has 2 atom stereocenters. The van der Waals surface area contributed by atoms with E-state index in [4.69, 9.17) is 9.47 Å². The zero-order chi connectivity index (χ0) is 23.9. The lowest BCUT2D eigenvalue weighted by molar-refractivity contribution is -0.137. The van der Waals surface area contributed by atoms with Crippen LogP contribution in [0.15, 0.2) is 18.2 Å². The molecule has 3 aliphatic rings. The maximum Gasteiger partial charge on any atom is 0.255 e. The van der Waals surface area contributed by atoms with Crippen LogP contribution in [-0.4, -0.2) is 60.9 Å². The molecule has 0 saturated carbocycles. The highest BCUT2D eigenvalue weighted by molar-refractivity contribution is 6.05. The van der Waals surface area contributed by atoms with E-state index in [1.807, 2.05) is 6.07 Å². The van der Waals surface area contributed by atoms with Crippen LogP contribution in [-0.2, 0) is 25.7 Å². The van der Waals surface area contributed by atoms with Crippen LogP contribution in [0.25, 0.3) is 0 Å². The van der Waals surface area contributed by atoms with Crippen molar-refractivity contribution in [3.05, 3.63) is 29.3 Å². The largest absolute Gasteiger partial charge is 0.494 e. The van der Waals surface area contributed by atoms with Crippen molar-refractivity contribution in [2.24, 2.45) is 5.92 Å². The summed E-state index contributed by atoms with van der Waals surface area (Å²) in [6.45, 7) is 2.91. The lowest BCUT2D eigenvalue weighted by Gasteiger charge is -2.29. The molecular formula is C25H33N3O6. The molecule has 9 nitrogen and oxygen atoms in total. The predicted octanol–water partition coefficient (Wildman–Crippen LogP) is 1.93. The van der Waals surface area contributed by atoms with E-state index >= 15 is 0 Å². The summed E-state index contributed by atoms with van der Waals surface area (Å²) in [5.41, 5.74) is 1.42. The SMILES string of the molecule is O=C1CCC(N2Cc3cc(OCCCCCCNC(=O)C4CCCOC4)ccc3C2=O)C(=O)N1.